The van der Waals surface area contributed by atoms with Crippen molar-refractivity contribution in [3.63, 3.8) is 0 Å². The van der Waals surface area contributed by atoms with E-state index in [2.05, 4.69) is 17.1 Å². The second kappa shape index (κ2) is 8.59. The minimum absolute atomic E-state index is 0.580. The molecule has 0 aliphatic rings. The van der Waals surface area contributed by atoms with Gasteiger partial charge in [0.05, 0.1) is 6.61 Å². The van der Waals surface area contributed by atoms with E-state index in [1.165, 1.54) is 0 Å². The first-order valence-electron chi connectivity index (χ1n) is 6.07. The van der Waals surface area contributed by atoms with Crippen LogP contribution in [0.15, 0.2) is 18.2 Å². The number of halogens is 2. The number of methoxy groups -OCH3 is 1. The standard InChI is InChI=1S/C13H18Cl2N2OS/c1-3-4-17(5-6-18-2)13(19)16-12-8-10(14)7-11(15)9-12/h7-9H,3-6H2,1-2H3,(H,16,19). The molecule has 0 aliphatic carbocycles. The van der Waals surface area contributed by atoms with Crippen LogP contribution in [0.5, 0.6) is 0 Å². The second-order valence-electron chi connectivity index (χ2n) is 4.07. The Morgan fingerprint density at radius 3 is 2.42 bits per heavy atom. The molecule has 0 spiro atoms. The molecule has 0 unspecified atom stereocenters. The van der Waals surface area contributed by atoms with Gasteiger partial charge in [-0.2, -0.15) is 0 Å². The van der Waals surface area contributed by atoms with Crippen LogP contribution in [0.3, 0.4) is 0 Å². The van der Waals surface area contributed by atoms with Gasteiger partial charge in [-0.1, -0.05) is 30.1 Å². The van der Waals surface area contributed by atoms with E-state index in [0.717, 1.165) is 25.2 Å². The largest absolute Gasteiger partial charge is 0.383 e. The van der Waals surface area contributed by atoms with Crippen molar-refractivity contribution in [3.05, 3.63) is 28.2 Å². The molecule has 0 fully saturated rings. The van der Waals surface area contributed by atoms with E-state index in [-0.39, 0.29) is 0 Å². The van der Waals surface area contributed by atoms with E-state index in [9.17, 15) is 0 Å². The Morgan fingerprint density at radius 2 is 1.89 bits per heavy atom. The van der Waals surface area contributed by atoms with E-state index in [4.69, 9.17) is 40.2 Å². The van der Waals surface area contributed by atoms with Gasteiger partial charge in [0, 0.05) is 35.9 Å². The molecule has 19 heavy (non-hydrogen) atoms. The first-order chi connectivity index (χ1) is 9.06. The van der Waals surface area contributed by atoms with Crippen molar-refractivity contribution < 1.29 is 4.74 Å². The molecule has 0 bridgehead atoms. The fourth-order valence-electron chi connectivity index (χ4n) is 1.61. The third kappa shape index (κ3) is 5.95. The topological polar surface area (TPSA) is 24.5 Å². The minimum atomic E-state index is 0.580. The Kier molecular flexibility index (Phi) is 7.46. The molecule has 0 saturated carbocycles. The van der Waals surface area contributed by atoms with Crippen molar-refractivity contribution >= 4 is 46.2 Å². The summed E-state index contributed by atoms with van der Waals surface area (Å²) in [6.45, 7) is 4.38. The van der Waals surface area contributed by atoms with Gasteiger partial charge in [0.1, 0.15) is 0 Å². The van der Waals surface area contributed by atoms with Gasteiger partial charge < -0.3 is 15.0 Å². The Balaban J connectivity index is 2.69. The summed E-state index contributed by atoms with van der Waals surface area (Å²) in [5.41, 5.74) is 0.793. The number of hydrogen-bond acceptors (Lipinski definition) is 2. The van der Waals surface area contributed by atoms with Gasteiger partial charge in [-0.15, -0.1) is 0 Å². The first-order valence-corrected chi connectivity index (χ1v) is 7.24. The van der Waals surface area contributed by atoms with E-state index in [1.54, 1.807) is 25.3 Å². The fourth-order valence-corrected chi connectivity index (χ4v) is 2.44. The smallest absolute Gasteiger partial charge is 0.173 e. The van der Waals surface area contributed by atoms with E-state index < -0.39 is 0 Å². The number of rotatable bonds is 6. The van der Waals surface area contributed by atoms with Gasteiger partial charge in [0.2, 0.25) is 0 Å². The molecule has 0 saturated heterocycles. The molecule has 1 rings (SSSR count). The molecular formula is C13H18Cl2N2OS. The Morgan fingerprint density at radius 1 is 1.26 bits per heavy atom. The van der Waals surface area contributed by atoms with E-state index >= 15 is 0 Å². The molecule has 0 atom stereocenters. The summed E-state index contributed by atoms with van der Waals surface area (Å²) in [6, 6.07) is 5.27. The van der Waals surface area contributed by atoms with Crippen LogP contribution in [-0.4, -0.2) is 36.8 Å². The highest BCUT2D eigenvalue weighted by atomic mass is 35.5. The lowest BCUT2D eigenvalue weighted by Gasteiger charge is -2.25. The van der Waals surface area contributed by atoms with Crippen LogP contribution in [-0.2, 0) is 4.74 Å². The van der Waals surface area contributed by atoms with Gasteiger partial charge in [0.25, 0.3) is 0 Å². The number of nitrogens with one attached hydrogen (secondary N) is 1. The molecule has 1 aromatic carbocycles. The number of anilines is 1. The second-order valence-corrected chi connectivity index (χ2v) is 5.33. The summed E-state index contributed by atoms with van der Waals surface area (Å²) in [4.78, 5) is 2.06. The molecule has 106 valence electrons. The zero-order chi connectivity index (χ0) is 14.3. The van der Waals surface area contributed by atoms with Gasteiger partial charge in [-0.05, 0) is 36.8 Å². The Labute approximate surface area is 129 Å². The highest BCUT2D eigenvalue weighted by molar-refractivity contribution is 7.80. The zero-order valence-corrected chi connectivity index (χ0v) is 13.4. The number of thiocarbonyl (C=S) groups is 1. The van der Waals surface area contributed by atoms with Crippen LogP contribution < -0.4 is 5.32 Å². The number of hydrogen-bond donors (Lipinski definition) is 1. The molecule has 6 heteroatoms. The summed E-state index contributed by atoms with van der Waals surface area (Å²) in [5.74, 6) is 0. The summed E-state index contributed by atoms with van der Waals surface area (Å²) in [7, 11) is 1.68. The number of benzene rings is 1. The average molecular weight is 321 g/mol. The maximum Gasteiger partial charge on any atom is 0.173 e. The predicted octanol–water partition coefficient (Wildman–Crippen LogP) is 4.05. The number of ether oxygens (including phenoxy) is 1. The van der Waals surface area contributed by atoms with Crippen LogP contribution in [0, 0.1) is 0 Å². The first kappa shape index (κ1) is 16.5. The molecule has 0 aromatic heterocycles. The van der Waals surface area contributed by atoms with Crippen molar-refractivity contribution in [2.45, 2.75) is 13.3 Å². The maximum absolute atomic E-state index is 5.96. The van der Waals surface area contributed by atoms with Crippen molar-refractivity contribution in [1.29, 1.82) is 0 Å². The number of nitrogens with zero attached hydrogens (tertiary/aromatic N) is 1. The SMILES string of the molecule is CCCN(CCOC)C(=S)Nc1cc(Cl)cc(Cl)c1. The maximum atomic E-state index is 5.96. The van der Waals surface area contributed by atoms with Crippen molar-refractivity contribution in [1.82, 2.24) is 4.90 Å². The van der Waals surface area contributed by atoms with Crippen LogP contribution in [0.4, 0.5) is 5.69 Å². The molecule has 0 amide bonds. The van der Waals surface area contributed by atoms with Gasteiger partial charge in [-0.25, -0.2) is 0 Å². The van der Waals surface area contributed by atoms with Crippen LogP contribution in [0.25, 0.3) is 0 Å². The summed E-state index contributed by atoms with van der Waals surface area (Å²) in [6.07, 6.45) is 1.02. The molecule has 1 aromatic rings. The Bertz CT molecular complexity index is 409. The quantitative estimate of drug-likeness (QED) is 0.799. The third-order valence-corrected chi connectivity index (χ3v) is 3.26. The van der Waals surface area contributed by atoms with E-state index in [0.29, 0.717) is 21.8 Å². The molecule has 1 N–H and O–H groups in total. The summed E-state index contributed by atoms with van der Waals surface area (Å²) < 4.78 is 5.09. The zero-order valence-electron chi connectivity index (χ0n) is 11.1. The highest BCUT2D eigenvalue weighted by Crippen LogP contribution is 2.22. The van der Waals surface area contributed by atoms with Crippen LogP contribution in [0.1, 0.15) is 13.3 Å². The summed E-state index contributed by atoms with van der Waals surface area (Å²) >= 11 is 17.3. The lowest BCUT2D eigenvalue weighted by molar-refractivity contribution is 0.177. The van der Waals surface area contributed by atoms with Gasteiger partial charge >= 0.3 is 0 Å². The Hall–Kier alpha value is -0.550. The van der Waals surface area contributed by atoms with Crippen molar-refractivity contribution in [2.75, 3.05) is 32.1 Å². The molecule has 0 heterocycles. The minimum Gasteiger partial charge on any atom is -0.383 e. The fraction of sp³-hybridized carbons (Fsp3) is 0.462. The normalized spacial score (nSPS) is 10.3. The molecule has 3 nitrogen and oxygen atoms in total. The lowest BCUT2D eigenvalue weighted by atomic mass is 10.3. The lowest BCUT2D eigenvalue weighted by Crippen LogP contribution is -2.37. The third-order valence-electron chi connectivity index (χ3n) is 2.46. The van der Waals surface area contributed by atoms with E-state index in [1.807, 2.05) is 0 Å². The van der Waals surface area contributed by atoms with Crippen molar-refractivity contribution in [3.8, 4) is 0 Å². The molecular weight excluding hydrogens is 303 g/mol. The average Bonchev–Trinajstić information content (AvgIpc) is 2.33. The highest BCUT2D eigenvalue weighted by Gasteiger charge is 2.09. The van der Waals surface area contributed by atoms with Gasteiger partial charge in [-0.3, -0.25) is 0 Å². The summed E-state index contributed by atoms with van der Waals surface area (Å²) in [5, 5.41) is 4.96. The molecule has 0 radical (unpaired) electrons. The van der Waals surface area contributed by atoms with Crippen LogP contribution in [0.2, 0.25) is 10.0 Å². The van der Waals surface area contributed by atoms with Gasteiger partial charge in [0.15, 0.2) is 5.11 Å². The van der Waals surface area contributed by atoms with Crippen LogP contribution >= 0.6 is 35.4 Å². The van der Waals surface area contributed by atoms with Crippen molar-refractivity contribution in [2.24, 2.45) is 0 Å². The molecule has 0 aliphatic heterocycles. The predicted molar refractivity (Wildman–Crippen MR) is 86.4 cm³/mol. The monoisotopic (exact) mass is 320 g/mol.